The summed E-state index contributed by atoms with van der Waals surface area (Å²) in [6.07, 6.45) is 1.72. The number of nitrogens with one attached hydrogen (secondary N) is 2. The van der Waals surface area contributed by atoms with E-state index in [2.05, 4.69) is 10.3 Å². The molecule has 3 aliphatic rings. The van der Waals surface area contributed by atoms with Gasteiger partial charge in [-0.05, 0) is 66.0 Å². The molecule has 1 fully saturated rings. The monoisotopic (exact) mass is 744 g/mol. The molecule has 5 atom stereocenters. The molecule has 0 unspecified atom stereocenters. The van der Waals surface area contributed by atoms with Gasteiger partial charge in [0.25, 0.3) is 5.91 Å². The van der Waals surface area contributed by atoms with Crippen LogP contribution in [0.25, 0.3) is 10.9 Å². The lowest BCUT2D eigenvalue weighted by atomic mass is 9.82. The van der Waals surface area contributed by atoms with Crippen molar-refractivity contribution in [1.29, 1.82) is 0 Å². The fourth-order valence-corrected chi connectivity index (χ4v) is 11.7. The molecule has 3 N–H and O–H groups in total. The first-order valence-electron chi connectivity index (χ1n) is 18.7. The highest BCUT2D eigenvalue weighted by Gasteiger charge is 2.67. The zero-order chi connectivity index (χ0) is 37.8. The van der Waals surface area contributed by atoms with Crippen LogP contribution in [-0.4, -0.2) is 59.9 Å². The lowest BCUT2D eigenvalue weighted by molar-refractivity contribution is -0.151. The van der Waals surface area contributed by atoms with Gasteiger partial charge in [-0.2, -0.15) is 0 Å². The summed E-state index contributed by atoms with van der Waals surface area (Å²) in [6, 6.07) is 30.3. The number of ether oxygens (including phenoxy) is 1. The fourth-order valence-electron chi connectivity index (χ4n) is 9.22. The largest absolute Gasteiger partial charge is 0.394 e. The number of hydrogen-bond acceptors (Lipinski definition) is 5. The number of H-pyrrole nitrogens is 1. The van der Waals surface area contributed by atoms with Crippen molar-refractivity contribution < 1.29 is 28.3 Å². The highest BCUT2D eigenvalue weighted by atomic mass is 28.4. The molecule has 1 spiro atoms. The lowest BCUT2D eigenvalue weighted by Crippen LogP contribution is -2.48. The molecule has 0 radical (unpaired) electrons. The lowest BCUT2D eigenvalue weighted by Gasteiger charge is -2.37. The molecule has 1 aromatic heterocycles. The first kappa shape index (κ1) is 35.9. The molecule has 3 amide bonds. The molecule has 11 heteroatoms. The summed E-state index contributed by atoms with van der Waals surface area (Å²) >= 11 is 0. The van der Waals surface area contributed by atoms with Gasteiger partial charge in [0.1, 0.15) is 0 Å². The molecule has 8 rings (SSSR count). The molecule has 5 aromatic rings. The third-order valence-electron chi connectivity index (χ3n) is 11.7. The number of para-hydroxylation sites is 2. The van der Waals surface area contributed by atoms with Crippen LogP contribution < -0.4 is 10.2 Å². The van der Waals surface area contributed by atoms with Crippen molar-refractivity contribution in [2.75, 3.05) is 16.8 Å². The SMILES string of the molecule is C[C@@H]1[C@@H]([Si](C)(C)F)[C@H](CC(=O)N2Cc3ccccc3C[C@H]2CO)O[C@@]12C(=O)N(Cc1ccc(NC(=O)Cc3c[nH]c4ccccc34)cc1)c1ccccc12. The molecular formula is C43H45FN4O5Si. The molecule has 4 heterocycles. The number of aromatic amines is 1. The Labute approximate surface area is 315 Å². The Kier molecular flexibility index (Phi) is 9.27. The molecule has 4 aromatic carbocycles. The quantitative estimate of drug-likeness (QED) is 0.111. The number of carbonyl (C=O) groups is 3. The highest BCUT2D eigenvalue weighted by Crippen LogP contribution is 2.60. The minimum Gasteiger partial charge on any atom is -0.394 e. The van der Waals surface area contributed by atoms with Gasteiger partial charge in [-0.3, -0.25) is 14.4 Å². The number of benzene rings is 4. The van der Waals surface area contributed by atoms with Gasteiger partial charge in [-0.1, -0.05) is 79.7 Å². The Morgan fingerprint density at radius 3 is 2.44 bits per heavy atom. The van der Waals surface area contributed by atoms with E-state index >= 15 is 4.11 Å². The van der Waals surface area contributed by atoms with Crippen LogP contribution >= 0.6 is 0 Å². The predicted octanol–water partition coefficient (Wildman–Crippen LogP) is 7.01. The number of aliphatic hydroxyl groups excluding tert-OH is 1. The van der Waals surface area contributed by atoms with E-state index in [1.165, 1.54) is 0 Å². The maximum absolute atomic E-state index is 16.5. The van der Waals surface area contributed by atoms with Gasteiger partial charge >= 0.3 is 0 Å². The van der Waals surface area contributed by atoms with Crippen LogP contribution in [0.4, 0.5) is 15.5 Å². The maximum atomic E-state index is 16.5. The summed E-state index contributed by atoms with van der Waals surface area (Å²) in [5, 5.41) is 14.3. The zero-order valence-electron chi connectivity index (χ0n) is 30.7. The maximum Gasteiger partial charge on any atom is 0.264 e. The summed E-state index contributed by atoms with van der Waals surface area (Å²) in [6.45, 7) is 5.57. The van der Waals surface area contributed by atoms with Gasteiger partial charge in [-0.15, -0.1) is 0 Å². The Hall–Kier alpha value is -5.10. The Morgan fingerprint density at radius 1 is 0.981 bits per heavy atom. The van der Waals surface area contributed by atoms with E-state index in [1.807, 2.05) is 110 Å². The normalized spacial score (nSPS) is 23.5. The number of anilines is 2. The molecule has 1 saturated heterocycles. The Bertz CT molecular complexity index is 2230. The molecule has 0 saturated carbocycles. The van der Waals surface area contributed by atoms with Crippen LogP contribution in [0.5, 0.6) is 0 Å². The average molecular weight is 745 g/mol. The van der Waals surface area contributed by atoms with Gasteiger partial charge in [0.2, 0.25) is 20.2 Å². The topological polar surface area (TPSA) is 115 Å². The molecule has 278 valence electrons. The van der Waals surface area contributed by atoms with Crippen LogP contribution in [0.1, 0.15) is 41.2 Å². The first-order valence-corrected chi connectivity index (χ1v) is 21.6. The van der Waals surface area contributed by atoms with Crippen molar-refractivity contribution >= 4 is 48.4 Å². The second-order valence-electron chi connectivity index (χ2n) is 15.5. The van der Waals surface area contributed by atoms with Gasteiger partial charge in [0, 0.05) is 46.4 Å². The van der Waals surface area contributed by atoms with Crippen LogP contribution in [0.2, 0.25) is 18.6 Å². The number of hydrogen-bond donors (Lipinski definition) is 3. The number of halogens is 1. The Balaban J connectivity index is 1.01. The number of fused-ring (bicyclic) bond motifs is 4. The van der Waals surface area contributed by atoms with Crippen molar-refractivity contribution in [1.82, 2.24) is 9.88 Å². The van der Waals surface area contributed by atoms with Crippen LogP contribution in [0, 0.1) is 5.92 Å². The molecule has 3 aliphatic heterocycles. The standard InChI is InChI=1S/C43H45FN4O5Si/c1-27-41(54(2,3)44)38(22-40(51)47-25-30-11-5-4-10-29(30)20-33(47)26-49)53-43(27)35-13-7-9-15-37(35)48(42(43)52)24-28-16-18-32(19-17-28)46-39(50)21-31-23-45-36-14-8-6-12-34(31)36/h4-19,23,27,33,38,41,45,49H,20-22,24-26H2,1-3H3,(H,46,50)/t27-,33+,38+,41-,43+/m1/s1. The van der Waals surface area contributed by atoms with Crippen LogP contribution in [-0.2, 0) is 50.7 Å². The van der Waals surface area contributed by atoms with Crippen molar-refractivity contribution in [3.05, 3.63) is 131 Å². The third-order valence-corrected chi connectivity index (χ3v) is 14.2. The van der Waals surface area contributed by atoms with E-state index in [4.69, 9.17) is 4.74 Å². The van der Waals surface area contributed by atoms with Crippen molar-refractivity contribution in [3.63, 3.8) is 0 Å². The summed E-state index contributed by atoms with van der Waals surface area (Å²) < 4.78 is 23.3. The number of carbonyl (C=O) groups excluding carboxylic acids is 3. The minimum atomic E-state index is -3.50. The van der Waals surface area contributed by atoms with Crippen LogP contribution in [0.3, 0.4) is 0 Å². The summed E-state index contributed by atoms with van der Waals surface area (Å²) in [5.41, 5.74) is 4.82. The minimum absolute atomic E-state index is 0.0846. The van der Waals surface area contributed by atoms with E-state index in [1.54, 1.807) is 22.9 Å². The van der Waals surface area contributed by atoms with E-state index < -0.39 is 37.6 Å². The van der Waals surface area contributed by atoms with Crippen molar-refractivity contribution in [3.8, 4) is 0 Å². The second kappa shape index (κ2) is 14.0. The van der Waals surface area contributed by atoms with Gasteiger partial charge in [0.05, 0.1) is 43.8 Å². The van der Waals surface area contributed by atoms with E-state index in [0.29, 0.717) is 29.9 Å². The van der Waals surface area contributed by atoms with Crippen molar-refractivity contribution in [2.24, 2.45) is 5.92 Å². The molecule has 0 aliphatic carbocycles. The van der Waals surface area contributed by atoms with E-state index in [9.17, 15) is 19.5 Å². The second-order valence-corrected chi connectivity index (χ2v) is 19.3. The highest BCUT2D eigenvalue weighted by molar-refractivity contribution is 6.72. The zero-order valence-corrected chi connectivity index (χ0v) is 31.7. The first-order chi connectivity index (χ1) is 26.0. The smallest absolute Gasteiger partial charge is 0.264 e. The van der Waals surface area contributed by atoms with Crippen LogP contribution in [0.15, 0.2) is 103 Å². The van der Waals surface area contributed by atoms with Gasteiger partial charge < -0.3 is 34.1 Å². The number of rotatable bonds is 9. The molecule has 54 heavy (non-hydrogen) atoms. The fraction of sp³-hybridized carbons (Fsp3) is 0.326. The third kappa shape index (κ3) is 6.23. The molecule has 0 bridgehead atoms. The van der Waals surface area contributed by atoms with Gasteiger partial charge in [0.15, 0.2) is 5.60 Å². The Morgan fingerprint density at radius 2 is 1.69 bits per heavy atom. The number of nitrogens with zero attached hydrogens (tertiary/aromatic N) is 2. The summed E-state index contributed by atoms with van der Waals surface area (Å²) in [7, 11) is -3.50. The average Bonchev–Trinajstić information content (AvgIpc) is 3.78. The summed E-state index contributed by atoms with van der Waals surface area (Å²) in [4.78, 5) is 48.4. The predicted molar refractivity (Wildman–Crippen MR) is 209 cm³/mol. The molecule has 9 nitrogen and oxygen atoms in total. The number of aromatic nitrogens is 1. The van der Waals surface area contributed by atoms with E-state index in [-0.39, 0.29) is 43.7 Å². The number of amides is 3. The van der Waals surface area contributed by atoms with E-state index in [0.717, 1.165) is 33.2 Å². The number of aliphatic hydroxyl groups is 1. The summed E-state index contributed by atoms with van der Waals surface area (Å²) in [5.74, 6) is -1.16. The molecular weight excluding hydrogens is 700 g/mol. The van der Waals surface area contributed by atoms with Gasteiger partial charge in [-0.25, -0.2) is 0 Å². The van der Waals surface area contributed by atoms with Crippen molar-refractivity contribution in [2.45, 2.75) is 75.7 Å².